The van der Waals surface area contributed by atoms with Crippen LogP contribution in [0.2, 0.25) is 0 Å². The number of anilines is 2. The largest absolute Gasteiger partial charge is 0.491 e. The predicted octanol–water partition coefficient (Wildman–Crippen LogP) is 4.35. The van der Waals surface area contributed by atoms with Crippen molar-refractivity contribution in [2.24, 2.45) is 0 Å². The Morgan fingerprint density at radius 1 is 1.21 bits per heavy atom. The van der Waals surface area contributed by atoms with Crippen molar-refractivity contribution in [1.82, 2.24) is 15.2 Å². The Morgan fingerprint density at radius 3 is 2.69 bits per heavy atom. The normalized spacial score (nSPS) is 11.3. The number of hydrogen-bond acceptors (Lipinski definition) is 8. The molecule has 0 aliphatic rings. The fourth-order valence-corrected chi connectivity index (χ4v) is 3.41. The summed E-state index contributed by atoms with van der Waals surface area (Å²) in [6, 6.07) is 4.20. The van der Waals surface area contributed by atoms with E-state index in [9.17, 15) is 18.0 Å². The van der Waals surface area contributed by atoms with Gasteiger partial charge in [0.05, 0.1) is 12.3 Å². The van der Waals surface area contributed by atoms with E-state index in [4.69, 9.17) is 9.47 Å². The first kappa shape index (κ1) is 21.0. The van der Waals surface area contributed by atoms with Crippen molar-refractivity contribution in [3.05, 3.63) is 34.8 Å². The molecule has 0 spiro atoms. The van der Waals surface area contributed by atoms with Gasteiger partial charge < -0.3 is 14.8 Å². The molecule has 8 nitrogen and oxygen atoms in total. The third-order valence-corrected chi connectivity index (χ3v) is 5.04. The van der Waals surface area contributed by atoms with Crippen LogP contribution in [0.4, 0.5) is 28.8 Å². The minimum atomic E-state index is -4.62. The van der Waals surface area contributed by atoms with Crippen LogP contribution in [-0.2, 0) is 10.9 Å². The van der Waals surface area contributed by atoms with E-state index in [-0.39, 0.29) is 16.5 Å². The zero-order chi connectivity index (χ0) is 20.9. The second-order valence-electron chi connectivity index (χ2n) is 5.38. The van der Waals surface area contributed by atoms with Crippen molar-refractivity contribution in [2.45, 2.75) is 6.18 Å². The topological polar surface area (TPSA) is 98.3 Å². The molecule has 0 saturated carbocycles. The van der Waals surface area contributed by atoms with Gasteiger partial charge in [-0.05, 0) is 18.2 Å². The number of halogens is 3. The number of nitrogens with zero attached hydrogens (tertiary/aromatic N) is 3. The first-order valence-electron chi connectivity index (χ1n) is 8.01. The van der Waals surface area contributed by atoms with Crippen LogP contribution in [0.5, 0.6) is 5.75 Å². The molecule has 3 rings (SSSR count). The Bertz CT molecular complexity index is 963. The van der Waals surface area contributed by atoms with Gasteiger partial charge in [-0.2, -0.15) is 13.2 Å². The second kappa shape index (κ2) is 9.15. The molecular weight excluding hydrogens is 431 g/mol. The Morgan fingerprint density at radius 2 is 2.03 bits per heavy atom. The number of amides is 2. The molecule has 29 heavy (non-hydrogen) atoms. The molecule has 1 aromatic carbocycles. The summed E-state index contributed by atoms with van der Waals surface area (Å²) in [4.78, 5) is 16.5. The molecule has 13 heteroatoms. The zero-order valence-electron chi connectivity index (χ0n) is 14.8. The summed E-state index contributed by atoms with van der Waals surface area (Å²) in [5.74, 6) is 0.553. The number of methoxy groups -OCH3 is 1. The molecule has 0 fully saturated rings. The number of aromatic nitrogens is 3. The number of nitrogens with one attached hydrogen (secondary N) is 2. The van der Waals surface area contributed by atoms with Crippen LogP contribution in [0.3, 0.4) is 0 Å². The van der Waals surface area contributed by atoms with Gasteiger partial charge in [0.15, 0.2) is 0 Å². The van der Waals surface area contributed by atoms with Gasteiger partial charge in [-0.25, -0.2) is 9.78 Å². The lowest BCUT2D eigenvalue weighted by molar-refractivity contribution is -0.138. The second-order valence-corrected chi connectivity index (χ2v) is 7.25. The molecule has 0 atom stereocenters. The van der Waals surface area contributed by atoms with Crippen LogP contribution in [0.25, 0.3) is 10.6 Å². The van der Waals surface area contributed by atoms with Gasteiger partial charge in [0.1, 0.15) is 17.4 Å². The van der Waals surface area contributed by atoms with Crippen LogP contribution in [-0.4, -0.2) is 41.5 Å². The minimum Gasteiger partial charge on any atom is -0.491 e. The van der Waals surface area contributed by atoms with Gasteiger partial charge >= 0.3 is 12.2 Å². The average Bonchev–Trinajstić information content (AvgIpc) is 3.34. The lowest BCUT2D eigenvalue weighted by atomic mass is 10.1. The first-order chi connectivity index (χ1) is 13.9. The summed E-state index contributed by atoms with van der Waals surface area (Å²) >= 11 is 1.59. The summed E-state index contributed by atoms with van der Waals surface area (Å²) in [5.41, 5.74) is 0.996. The van der Waals surface area contributed by atoms with E-state index in [2.05, 4.69) is 25.8 Å². The van der Waals surface area contributed by atoms with Crippen LogP contribution in [0, 0.1) is 0 Å². The van der Waals surface area contributed by atoms with Crippen molar-refractivity contribution >= 4 is 39.5 Å². The number of thiazole rings is 1. The Hall–Kier alpha value is -2.77. The molecule has 0 aliphatic heterocycles. The van der Waals surface area contributed by atoms with Gasteiger partial charge in [-0.1, -0.05) is 11.3 Å². The smallest absolute Gasteiger partial charge is 0.445 e. The van der Waals surface area contributed by atoms with Crippen LogP contribution >= 0.6 is 22.7 Å². The van der Waals surface area contributed by atoms with Gasteiger partial charge in [0.2, 0.25) is 10.1 Å². The number of urea groups is 1. The number of alkyl halides is 3. The lowest BCUT2D eigenvalue weighted by Crippen LogP contribution is -2.19. The van der Waals surface area contributed by atoms with Crippen molar-refractivity contribution in [2.75, 3.05) is 31.0 Å². The van der Waals surface area contributed by atoms with Gasteiger partial charge in [-0.3, -0.25) is 5.32 Å². The number of hydrogen-bond donors (Lipinski definition) is 2. The number of benzene rings is 1. The summed E-state index contributed by atoms with van der Waals surface area (Å²) in [5, 5.41) is 12.2. The molecular formula is C16H14F3N5O3S2. The van der Waals surface area contributed by atoms with E-state index in [1.165, 1.54) is 11.3 Å². The Kier molecular flexibility index (Phi) is 6.61. The number of carbonyl (C=O) groups is 1. The molecule has 2 N–H and O–H groups in total. The molecule has 2 heterocycles. The van der Waals surface area contributed by atoms with Crippen LogP contribution in [0.1, 0.15) is 5.01 Å². The fraction of sp³-hybridized carbons (Fsp3) is 0.250. The fourth-order valence-electron chi connectivity index (χ4n) is 2.14. The van der Waals surface area contributed by atoms with Gasteiger partial charge in [-0.15, -0.1) is 21.5 Å². The maximum absolute atomic E-state index is 12.6. The maximum Gasteiger partial charge on any atom is 0.445 e. The van der Waals surface area contributed by atoms with Gasteiger partial charge in [0.25, 0.3) is 0 Å². The van der Waals surface area contributed by atoms with Crippen LogP contribution < -0.4 is 15.4 Å². The van der Waals surface area contributed by atoms with E-state index in [0.717, 1.165) is 0 Å². The predicted molar refractivity (Wildman–Crippen MR) is 102 cm³/mol. The van der Waals surface area contributed by atoms with E-state index in [1.54, 1.807) is 36.9 Å². The van der Waals surface area contributed by atoms with Crippen molar-refractivity contribution < 1.29 is 27.4 Å². The van der Waals surface area contributed by atoms with E-state index in [0.29, 0.717) is 35.2 Å². The number of carbonyl (C=O) groups excluding carboxylic acids is 1. The Labute approximate surface area is 170 Å². The maximum atomic E-state index is 12.6. The zero-order valence-corrected chi connectivity index (χ0v) is 16.5. The minimum absolute atomic E-state index is 0.233. The van der Waals surface area contributed by atoms with Gasteiger partial charge in [0, 0.05) is 24.3 Å². The number of ether oxygens (including phenoxy) is 2. The highest BCUT2D eigenvalue weighted by Crippen LogP contribution is 2.34. The highest BCUT2D eigenvalue weighted by atomic mass is 32.1. The third-order valence-electron chi connectivity index (χ3n) is 3.35. The SMILES string of the molecule is COCCOc1ccc(NC(=O)Nc2nnc(C(F)(F)F)s2)c(-c2nccs2)c1. The lowest BCUT2D eigenvalue weighted by Gasteiger charge is -2.12. The molecule has 2 amide bonds. The van der Waals surface area contributed by atoms with Crippen molar-refractivity contribution in [3.63, 3.8) is 0 Å². The third kappa shape index (κ3) is 5.62. The van der Waals surface area contributed by atoms with Crippen molar-refractivity contribution in [3.8, 4) is 16.3 Å². The Balaban J connectivity index is 1.75. The van der Waals surface area contributed by atoms with E-state index in [1.807, 2.05) is 0 Å². The molecule has 0 unspecified atom stereocenters. The highest BCUT2D eigenvalue weighted by Gasteiger charge is 2.35. The summed E-state index contributed by atoms with van der Waals surface area (Å²) in [7, 11) is 1.56. The molecule has 0 saturated heterocycles. The van der Waals surface area contributed by atoms with Crippen molar-refractivity contribution in [1.29, 1.82) is 0 Å². The molecule has 154 valence electrons. The molecule has 2 aromatic heterocycles. The summed E-state index contributed by atoms with van der Waals surface area (Å²) in [6.07, 6.45) is -3.01. The molecule has 0 aliphatic carbocycles. The monoisotopic (exact) mass is 445 g/mol. The number of rotatable bonds is 7. The highest BCUT2D eigenvalue weighted by molar-refractivity contribution is 7.15. The molecule has 3 aromatic rings. The average molecular weight is 445 g/mol. The van der Waals surface area contributed by atoms with E-state index < -0.39 is 17.2 Å². The van der Waals surface area contributed by atoms with Crippen LogP contribution in [0.15, 0.2) is 29.8 Å². The first-order valence-corrected chi connectivity index (χ1v) is 9.71. The quantitative estimate of drug-likeness (QED) is 0.525. The summed E-state index contributed by atoms with van der Waals surface area (Å²) < 4.78 is 48.3. The van der Waals surface area contributed by atoms with E-state index >= 15 is 0 Å². The standard InChI is InChI=1S/C16H14F3N5O3S2/c1-26-5-6-27-9-2-3-11(10(8-9)12-20-4-7-28-12)21-14(25)22-15-24-23-13(29-15)16(17,18)19/h2-4,7-8H,5-6H2,1H3,(H2,21,22,24,25). The summed E-state index contributed by atoms with van der Waals surface area (Å²) in [6.45, 7) is 0.760. The molecule has 0 radical (unpaired) electrons. The molecule has 0 bridgehead atoms.